The summed E-state index contributed by atoms with van der Waals surface area (Å²) in [5, 5.41) is 4.81. The van der Waals surface area contributed by atoms with Crippen LogP contribution in [0.5, 0.6) is 0 Å². The lowest BCUT2D eigenvalue weighted by Crippen LogP contribution is -2.35. The molecular formula is C18H17FN2O2S. The topological polar surface area (TPSA) is 45.5 Å². The van der Waals surface area contributed by atoms with E-state index in [1.807, 2.05) is 23.6 Å². The smallest absolute Gasteiger partial charge is 0.322 e. The minimum atomic E-state index is -0.335. The van der Waals surface area contributed by atoms with Gasteiger partial charge in [0.05, 0.1) is 12.8 Å². The highest BCUT2D eigenvalue weighted by Gasteiger charge is 2.16. The molecule has 4 nitrogen and oxygen atoms in total. The molecule has 3 aromatic rings. The Labute approximate surface area is 143 Å². The van der Waals surface area contributed by atoms with E-state index in [9.17, 15) is 9.18 Å². The SMILES string of the molecule is O=C(Nc1ccc(F)cc1)N(CCc1cccs1)Cc1ccco1. The number of amides is 2. The number of nitrogens with zero attached hydrogens (tertiary/aromatic N) is 1. The van der Waals surface area contributed by atoms with Crippen LogP contribution in [0.1, 0.15) is 10.6 Å². The summed E-state index contributed by atoms with van der Waals surface area (Å²) in [4.78, 5) is 15.5. The fraction of sp³-hybridized carbons (Fsp3) is 0.167. The highest BCUT2D eigenvalue weighted by atomic mass is 32.1. The maximum atomic E-state index is 13.0. The molecule has 0 radical (unpaired) electrons. The lowest BCUT2D eigenvalue weighted by atomic mass is 10.3. The summed E-state index contributed by atoms with van der Waals surface area (Å²) in [6.45, 7) is 0.944. The van der Waals surface area contributed by atoms with Gasteiger partial charge in [-0.3, -0.25) is 0 Å². The van der Waals surface area contributed by atoms with Crippen LogP contribution in [0, 0.1) is 5.82 Å². The van der Waals surface area contributed by atoms with Gasteiger partial charge in [-0.15, -0.1) is 11.3 Å². The predicted molar refractivity (Wildman–Crippen MR) is 92.6 cm³/mol. The quantitative estimate of drug-likeness (QED) is 0.701. The van der Waals surface area contributed by atoms with Crippen LogP contribution >= 0.6 is 11.3 Å². The van der Waals surface area contributed by atoms with E-state index in [1.165, 1.54) is 29.1 Å². The first-order valence-electron chi connectivity index (χ1n) is 7.57. The van der Waals surface area contributed by atoms with E-state index in [1.54, 1.807) is 28.6 Å². The molecule has 0 fully saturated rings. The summed E-state index contributed by atoms with van der Waals surface area (Å²) in [7, 11) is 0. The third kappa shape index (κ3) is 4.45. The predicted octanol–water partition coefficient (Wildman–Crippen LogP) is 4.76. The molecule has 0 aliphatic rings. The number of halogens is 1. The van der Waals surface area contributed by atoms with Gasteiger partial charge in [-0.05, 0) is 54.3 Å². The van der Waals surface area contributed by atoms with E-state index in [0.717, 1.165) is 12.2 Å². The molecule has 0 saturated heterocycles. The molecule has 0 bridgehead atoms. The van der Waals surface area contributed by atoms with Crippen molar-refractivity contribution in [3.63, 3.8) is 0 Å². The Bertz CT molecular complexity index is 755. The Morgan fingerprint density at radius 2 is 2.00 bits per heavy atom. The van der Waals surface area contributed by atoms with Crippen LogP contribution in [0.25, 0.3) is 0 Å². The lowest BCUT2D eigenvalue weighted by Gasteiger charge is -2.22. The Kier molecular flexibility index (Phi) is 5.28. The summed E-state index contributed by atoms with van der Waals surface area (Å²) < 4.78 is 18.3. The van der Waals surface area contributed by atoms with Gasteiger partial charge in [-0.25, -0.2) is 9.18 Å². The van der Waals surface area contributed by atoms with E-state index in [-0.39, 0.29) is 11.8 Å². The van der Waals surface area contributed by atoms with Crippen molar-refractivity contribution in [1.29, 1.82) is 0 Å². The van der Waals surface area contributed by atoms with Crippen LogP contribution in [-0.2, 0) is 13.0 Å². The number of thiophene rings is 1. The Balaban J connectivity index is 1.67. The monoisotopic (exact) mass is 344 g/mol. The Hall–Kier alpha value is -2.60. The zero-order valence-electron chi connectivity index (χ0n) is 12.9. The van der Waals surface area contributed by atoms with E-state index < -0.39 is 0 Å². The fourth-order valence-electron chi connectivity index (χ4n) is 2.28. The van der Waals surface area contributed by atoms with E-state index in [2.05, 4.69) is 5.32 Å². The van der Waals surface area contributed by atoms with E-state index in [0.29, 0.717) is 18.8 Å². The van der Waals surface area contributed by atoms with Crippen molar-refractivity contribution in [3.05, 3.63) is 76.6 Å². The molecule has 2 aromatic heterocycles. The molecule has 0 spiro atoms. The van der Waals surface area contributed by atoms with Crippen molar-refractivity contribution in [2.45, 2.75) is 13.0 Å². The molecular weight excluding hydrogens is 327 g/mol. The largest absolute Gasteiger partial charge is 0.467 e. The van der Waals surface area contributed by atoms with Gasteiger partial charge in [-0.1, -0.05) is 6.07 Å². The molecule has 1 aromatic carbocycles. The van der Waals surface area contributed by atoms with Crippen molar-refractivity contribution in [1.82, 2.24) is 4.90 Å². The van der Waals surface area contributed by atoms with Crippen LogP contribution in [0.15, 0.2) is 64.6 Å². The second-order valence-electron chi connectivity index (χ2n) is 5.27. The molecule has 0 aliphatic carbocycles. The molecule has 0 unspecified atom stereocenters. The zero-order chi connectivity index (χ0) is 16.8. The van der Waals surface area contributed by atoms with Crippen LogP contribution in [0.4, 0.5) is 14.9 Å². The first-order valence-corrected chi connectivity index (χ1v) is 8.45. The van der Waals surface area contributed by atoms with Gasteiger partial charge in [0.1, 0.15) is 11.6 Å². The molecule has 124 valence electrons. The summed E-state index contributed by atoms with van der Waals surface area (Å²) in [6, 6.07) is 13.2. The summed E-state index contributed by atoms with van der Waals surface area (Å²) >= 11 is 1.67. The number of benzene rings is 1. The minimum absolute atomic E-state index is 0.241. The maximum absolute atomic E-state index is 13.0. The molecule has 1 N–H and O–H groups in total. The Morgan fingerprint density at radius 3 is 2.67 bits per heavy atom. The van der Waals surface area contributed by atoms with E-state index in [4.69, 9.17) is 4.42 Å². The van der Waals surface area contributed by atoms with Gasteiger partial charge in [0, 0.05) is 17.1 Å². The normalized spacial score (nSPS) is 10.5. The van der Waals surface area contributed by atoms with Gasteiger partial charge in [0.15, 0.2) is 0 Å². The number of carbonyl (C=O) groups excluding carboxylic acids is 1. The molecule has 6 heteroatoms. The second-order valence-corrected chi connectivity index (χ2v) is 6.30. The first-order chi connectivity index (χ1) is 11.7. The summed E-state index contributed by atoms with van der Waals surface area (Å²) in [5.74, 6) is 0.383. The van der Waals surface area contributed by atoms with E-state index >= 15 is 0 Å². The average molecular weight is 344 g/mol. The third-order valence-corrected chi connectivity index (χ3v) is 4.45. The van der Waals surface area contributed by atoms with Gasteiger partial charge < -0.3 is 14.6 Å². The molecule has 24 heavy (non-hydrogen) atoms. The molecule has 0 saturated carbocycles. The van der Waals surface area contributed by atoms with Crippen LogP contribution in [0.3, 0.4) is 0 Å². The van der Waals surface area contributed by atoms with Gasteiger partial charge in [-0.2, -0.15) is 0 Å². The molecule has 3 rings (SSSR count). The third-order valence-electron chi connectivity index (χ3n) is 3.52. The molecule has 0 atom stereocenters. The van der Waals surface area contributed by atoms with Crippen LogP contribution in [-0.4, -0.2) is 17.5 Å². The number of carbonyl (C=O) groups is 1. The number of urea groups is 1. The van der Waals surface area contributed by atoms with Crippen LogP contribution in [0.2, 0.25) is 0 Å². The average Bonchev–Trinajstić information content (AvgIpc) is 3.27. The lowest BCUT2D eigenvalue weighted by molar-refractivity contribution is 0.205. The number of anilines is 1. The van der Waals surface area contributed by atoms with Crippen LogP contribution < -0.4 is 5.32 Å². The van der Waals surface area contributed by atoms with Gasteiger partial charge >= 0.3 is 6.03 Å². The number of hydrogen-bond donors (Lipinski definition) is 1. The molecule has 0 aliphatic heterocycles. The number of hydrogen-bond acceptors (Lipinski definition) is 3. The summed E-state index contributed by atoms with van der Waals surface area (Å²) in [5.41, 5.74) is 0.557. The fourth-order valence-corrected chi connectivity index (χ4v) is 2.98. The van der Waals surface area contributed by atoms with Gasteiger partial charge in [0.25, 0.3) is 0 Å². The summed E-state index contributed by atoms with van der Waals surface area (Å²) in [6.07, 6.45) is 2.36. The highest BCUT2D eigenvalue weighted by molar-refractivity contribution is 7.09. The molecule has 2 amide bonds. The molecule has 2 heterocycles. The zero-order valence-corrected chi connectivity index (χ0v) is 13.8. The van der Waals surface area contributed by atoms with Gasteiger partial charge in [0.2, 0.25) is 0 Å². The number of furan rings is 1. The standard InChI is InChI=1S/C18H17FN2O2S/c19-14-5-7-15(8-6-14)20-18(22)21(13-16-3-1-11-23-16)10-9-17-4-2-12-24-17/h1-8,11-12H,9-10,13H2,(H,20,22). The number of rotatable bonds is 6. The first kappa shape index (κ1) is 16.3. The minimum Gasteiger partial charge on any atom is -0.467 e. The Morgan fingerprint density at radius 1 is 1.17 bits per heavy atom. The van der Waals surface area contributed by atoms with Crippen molar-refractivity contribution in [3.8, 4) is 0 Å². The van der Waals surface area contributed by atoms with Crippen molar-refractivity contribution < 1.29 is 13.6 Å². The highest BCUT2D eigenvalue weighted by Crippen LogP contribution is 2.14. The number of nitrogens with one attached hydrogen (secondary N) is 1. The second kappa shape index (κ2) is 7.79. The van der Waals surface area contributed by atoms with Crippen molar-refractivity contribution in [2.75, 3.05) is 11.9 Å². The van der Waals surface area contributed by atoms with Crippen molar-refractivity contribution >= 4 is 23.1 Å². The maximum Gasteiger partial charge on any atom is 0.322 e. The van der Waals surface area contributed by atoms with Crippen molar-refractivity contribution in [2.24, 2.45) is 0 Å².